The van der Waals surface area contributed by atoms with E-state index in [1.165, 1.54) is 12.1 Å². The van der Waals surface area contributed by atoms with E-state index in [9.17, 15) is 4.39 Å². The highest BCUT2D eigenvalue weighted by Crippen LogP contribution is 2.17. The molecule has 0 unspecified atom stereocenters. The van der Waals surface area contributed by atoms with E-state index in [1.54, 1.807) is 12.1 Å². The van der Waals surface area contributed by atoms with Crippen LogP contribution in [0.4, 0.5) is 10.1 Å². The second kappa shape index (κ2) is 6.01. The standard InChI is InChI=1S/C16H15FN2/c1-2-19(16-9-7-15(17)8-10-16)12-14-5-3-13(11-18)4-6-14/h3-10H,2,12H2,1H3. The van der Waals surface area contributed by atoms with Crippen LogP contribution in [0.5, 0.6) is 0 Å². The Kier molecular flexibility index (Phi) is 4.15. The lowest BCUT2D eigenvalue weighted by molar-refractivity contribution is 0.627. The Morgan fingerprint density at radius 1 is 1.05 bits per heavy atom. The fourth-order valence-electron chi connectivity index (χ4n) is 1.94. The number of hydrogen-bond donors (Lipinski definition) is 0. The van der Waals surface area contributed by atoms with Gasteiger partial charge in [-0.05, 0) is 48.9 Å². The summed E-state index contributed by atoms with van der Waals surface area (Å²) in [7, 11) is 0. The minimum absolute atomic E-state index is 0.224. The molecule has 0 aliphatic heterocycles. The average Bonchev–Trinajstić information content (AvgIpc) is 2.46. The van der Waals surface area contributed by atoms with Crippen molar-refractivity contribution in [3.63, 3.8) is 0 Å². The summed E-state index contributed by atoms with van der Waals surface area (Å²) in [5.74, 6) is -0.224. The first-order chi connectivity index (χ1) is 9.22. The van der Waals surface area contributed by atoms with Gasteiger partial charge >= 0.3 is 0 Å². The van der Waals surface area contributed by atoms with Crippen molar-refractivity contribution in [2.24, 2.45) is 0 Å². The fraction of sp³-hybridized carbons (Fsp3) is 0.188. The number of benzene rings is 2. The largest absolute Gasteiger partial charge is 0.367 e. The monoisotopic (exact) mass is 254 g/mol. The molecule has 2 aromatic carbocycles. The predicted octanol–water partition coefficient (Wildman–Crippen LogP) is 3.72. The quantitative estimate of drug-likeness (QED) is 0.831. The van der Waals surface area contributed by atoms with Crippen molar-refractivity contribution in [2.75, 3.05) is 11.4 Å². The Morgan fingerprint density at radius 3 is 2.21 bits per heavy atom. The van der Waals surface area contributed by atoms with Crippen LogP contribution in [0.25, 0.3) is 0 Å². The first-order valence-corrected chi connectivity index (χ1v) is 6.22. The smallest absolute Gasteiger partial charge is 0.123 e. The molecule has 19 heavy (non-hydrogen) atoms. The van der Waals surface area contributed by atoms with Gasteiger partial charge in [-0.25, -0.2) is 4.39 Å². The van der Waals surface area contributed by atoms with Crippen molar-refractivity contribution in [1.82, 2.24) is 0 Å². The maximum Gasteiger partial charge on any atom is 0.123 e. The van der Waals surface area contributed by atoms with Crippen molar-refractivity contribution in [3.8, 4) is 6.07 Å². The van der Waals surface area contributed by atoms with Gasteiger partial charge in [0, 0.05) is 18.8 Å². The lowest BCUT2D eigenvalue weighted by Gasteiger charge is -2.23. The Balaban J connectivity index is 2.14. The molecule has 0 heterocycles. The highest BCUT2D eigenvalue weighted by atomic mass is 19.1. The van der Waals surface area contributed by atoms with Crippen LogP contribution in [0.15, 0.2) is 48.5 Å². The minimum Gasteiger partial charge on any atom is -0.367 e. The topological polar surface area (TPSA) is 27.0 Å². The van der Waals surface area contributed by atoms with Gasteiger partial charge in [-0.3, -0.25) is 0 Å². The number of rotatable bonds is 4. The van der Waals surface area contributed by atoms with Crippen molar-refractivity contribution >= 4 is 5.69 Å². The number of anilines is 1. The highest BCUT2D eigenvalue weighted by molar-refractivity contribution is 5.47. The van der Waals surface area contributed by atoms with Crippen molar-refractivity contribution in [3.05, 3.63) is 65.5 Å². The van der Waals surface area contributed by atoms with E-state index in [0.29, 0.717) is 5.56 Å². The number of nitrogens with zero attached hydrogens (tertiary/aromatic N) is 2. The molecule has 0 aromatic heterocycles. The second-order valence-corrected chi connectivity index (χ2v) is 4.30. The molecule has 3 heteroatoms. The molecule has 0 amide bonds. The summed E-state index contributed by atoms with van der Waals surface area (Å²) < 4.78 is 12.9. The Labute approximate surface area is 112 Å². The SMILES string of the molecule is CCN(Cc1ccc(C#N)cc1)c1ccc(F)cc1. The Morgan fingerprint density at radius 2 is 1.68 bits per heavy atom. The normalized spacial score (nSPS) is 9.95. The fourth-order valence-corrected chi connectivity index (χ4v) is 1.94. The highest BCUT2D eigenvalue weighted by Gasteiger charge is 2.05. The molecule has 0 atom stereocenters. The molecule has 0 fully saturated rings. The van der Waals surface area contributed by atoms with Crippen LogP contribution < -0.4 is 4.90 Å². The molecule has 96 valence electrons. The molecule has 0 spiro atoms. The first kappa shape index (κ1) is 13.1. The first-order valence-electron chi connectivity index (χ1n) is 6.22. The van der Waals surface area contributed by atoms with E-state index in [0.717, 1.165) is 24.3 Å². The summed E-state index contributed by atoms with van der Waals surface area (Å²) in [5, 5.41) is 8.76. The van der Waals surface area contributed by atoms with Gasteiger partial charge in [0.1, 0.15) is 5.82 Å². The molecule has 0 saturated carbocycles. The summed E-state index contributed by atoms with van der Waals surface area (Å²) in [6.45, 7) is 3.65. The third-order valence-electron chi connectivity index (χ3n) is 3.03. The van der Waals surface area contributed by atoms with Gasteiger partial charge in [-0.1, -0.05) is 12.1 Å². The van der Waals surface area contributed by atoms with Crippen LogP contribution in [0.3, 0.4) is 0 Å². The van der Waals surface area contributed by atoms with E-state index in [1.807, 2.05) is 24.3 Å². The van der Waals surface area contributed by atoms with Gasteiger partial charge < -0.3 is 4.90 Å². The third kappa shape index (κ3) is 3.32. The summed E-state index contributed by atoms with van der Waals surface area (Å²) in [6, 6.07) is 16.1. The van der Waals surface area contributed by atoms with Crippen LogP contribution in [-0.4, -0.2) is 6.54 Å². The average molecular weight is 254 g/mol. The van der Waals surface area contributed by atoms with E-state index < -0.39 is 0 Å². The second-order valence-electron chi connectivity index (χ2n) is 4.30. The molecule has 2 aromatic rings. The maximum atomic E-state index is 12.9. The van der Waals surface area contributed by atoms with Crippen molar-refractivity contribution in [1.29, 1.82) is 5.26 Å². The molecule has 0 saturated heterocycles. The minimum atomic E-state index is -0.224. The predicted molar refractivity (Wildman–Crippen MR) is 74.3 cm³/mol. The molecule has 0 radical (unpaired) electrons. The summed E-state index contributed by atoms with van der Waals surface area (Å²) >= 11 is 0. The molecule has 2 nitrogen and oxygen atoms in total. The van der Waals surface area contributed by atoms with Crippen molar-refractivity contribution in [2.45, 2.75) is 13.5 Å². The summed E-state index contributed by atoms with van der Waals surface area (Å²) in [6.07, 6.45) is 0. The Hall–Kier alpha value is -2.34. The van der Waals surface area contributed by atoms with Crippen LogP contribution in [0.1, 0.15) is 18.1 Å². The molecule has 0 aliphatic carbocycles. The molecule has 0 N–H and O–H groups in total. The van der Waals surface area contributed by atoms with Crippen LogP contribution >= 0.6 is 0 Å². The molecule has 0 bridgehead atoms. The molecule has 0 aliphatic rings. The van der Waals surface area contributed by atoms with E-state index in [2.05, 4.69) is 17.9 Å². The van der Waals surface area contributed by atoms with Gasteiger partial charge in [-0.2, -0.15) is 5.26 Å². The zero-order valence-electron chi connectivity index (χ0n) is 10.8. The van der Waals surface area contributed by atoms with Gasteiger partial charge in [0.15, 0.2) is 0 Å². The van der Waals surface area contributed by atoms with Crippen molar-refractivity contribution < 1.29 is 4.39 Å². The zero-order chi connectivity index (χ0) is 13.7. The Bertz CT molecular complexity index is 567. The van der Waals surface area contributed by atoms with Gasteiger partial charge in [0.2, 0.25) is 0 Å². The molecular formula is C16H15FN2. The number of halogens is 1. The van der Waals surface area contributed by atoms with E-state index in [4.69, 9.17) is 5.26 Å². The van der Waals surface area contributed by atoms with Crippen LogP contribution in [0, 0.1) is 17.1 Å². The third-order valence-corrected chi connectivity index (χ3v) is 3.03. The maximum absolute atomic E-state index is 12.9. The van der Waals surface area contributed by atoms with E-state index in [-0.39, 0.29) is 5.82 Å². The number of hydrogen-bond acceptors (Lipinski definition) is 2. The number of nitriles is 1. The molecular weight excluding hydrogens is 239 g/mol. The lowest BCUT2D eigenvalue weighted by Crippen LogP contribution is -2.21. The van der Waals surface area contributed by atoms with Gasteiger partial charge in [0.05, 0.1) is 11.6 Å². The van der Waals surface area contributed by atoms with Gasteiger partial charge in [-0.15, -0.1) is 0 Å². The molecule has 2 rings (SSSR count). The van der Waals surface area contributed by atoms with Crippen LogP contribution in [0.2, 0.25) is 0 Å². The van der Waals surface area contributed by atoms with Gasteiger partial charge in [0.25, 0.3) is 0 Å². The summed E-state index contributed by atoms with van der Waals surface area (Å²) in [4.78, 5) is 2.15. The van der Waals surface area contributed by atoms with E-state index >= 15 is 0 Å². The lowest BCUT2D eigenvalue weighted by atomic mass is 10.1. The zero-order valence-corrected chi connectivity index (χ0v) is 10.8. The van der Waals surface area contributed by atoms with Crippen LogP contribution in [-0.2, 0) is 6.54 Å². The summed E-state index contributed by atoms with van der Waals surface area (Å²) in [5.41, 5.74) is 2.78.